The van der Waals surface area contributed by atoms with E-state index >= 15 is 0 Å². The Morgan fingerprint density at radius 3 is 1.77 bits per heavy atom. The first-order chi connectivity index (χ1) is 5.67. The van der Waals surface area contributed by atoms with Gasteiger partial charge in [-0.3, -0.25) is 0 Å². The third-order valence-electron chi connectivity index (χ3n) is 2.13. The zero-order valence-corrected chi connectivity index (χ0v) is 11.4. The fraction of sp³-hybridized carbons (Fsp3) is 1.00. The summed E-state index contributed by atoms with van der Waals surface area (Å²) in [6.07, 6.45) is 0. The van der Waals surface area contributed by atoms with Gasteiger partial charge in [-0.05, 0) is 32.1 Å². The third kappa shape index (κ3) is 6.50. The average molecular weight is 251 g/mol. The molecule has 0 spiro atoms. The summed E-state index contributed by atoms with van der Waals surface area (Å²) < 4.78 is 5.78. The minimum absolute atomic E-state index is 0.0222. The van der Waals surface area contributed by atoms with Crippen LogP contribution in [0.5, 0.6) is 0 Å². The van der Waals surface area contributed by atoms with E-state index < -0.39 is 0 Å². The van der Waals surface area contributed by atoms with Crippen molar-refractivity contribution in [2.24, 2.45) is 11.3 Å². The highest BCUT2D eigenvalue weighted by molar-refractivity contribution is 9.09. The molecule has 0 bridgehead atoms. The molecule has 0 saturated heterocycles. The molecule has 1 unspecified atom stereocenters. The van der Waals surface area contributed by atoms with Crippen LogP contribution in [0, 0.1) is 11.3 Å². The number of halogens is 1. The van der Waals surface area contributed by atoms with E-state index in [0.717, 1.165) is 11.9 Å². The maximum absolute atomic E-state index is 5.78. The second-order valence-corrected chi connectivity index (χ2v) is 6.29. The van der Waals surface area contributed by atoms with Gasteiger partial charge in [-0.1, -0.05) is 36.7 Å². The zero-order chi connectivity index (χ0) is 10.7. The lowest BCUT2D eigenvalue weighted by Gasteiger charge is -2.31. The molecule has 0 aliphatic carbocycles. The predicted octanol–water partition coefficient (Wildman–Crippen LogP) is 3.86. The van der Waals surface area contributed by atoms with E-state index in [1.54, 1.807) is 0 Å². The molecule has 0 radical (unpaired) electrons. The van der Waals surface area contributed by atoms with Crippen LogP contribution in [0.1, 0.15) is 41.5 Å². The van der Waals surface area contributed by atoms with E-state index in [2.05, 4.69) is 57.5 Å². The molecule has 0 rings (SSSR count). The van der Waals surface area contributed by atoms with Gasteiger partial charge in [-0.15, -0.1) is 0 Å². The quantitative estimate of drug-likeness (QED) is 0.692. The van der Waals surface area contributed by atoms with Crippen LogP contribution in [0.3, 0.4) is 0 Å². The highest BCUT2D eigenvalue weighted by atomic mass is 79.9. The van der Waals surface area contributed by atoms with Crippen molar-refractivity contribution in [3.05, 3.63) is 0 Å². The topological polar surface area (TPSA) is 9.23 Å². The lowest BCUT2D eigenvalue weighted by molar-refractivity contribution is -0.0357. The molecule has 0 heterocycles. The standard InChI is InChI=1S/C11H23BrO/c1-10(2,3)9(7-12)8-13-11(4,5)6/h9H,7-8H2,1-6H3. The van der Waals surface area contributed by atoms with Crippen LogP contribution < -0.4 is 0 Å². The number of hydrogen-bond acceptors (Lipinski definition) is 1. The summed E-state index contributed by atoms with van der Waals surface area (Å²) in [5, 5.41) is 1.01. The molecule has 1 atom stereocenters. The van der Waals surface area contributed by atoms with Crippen molar-refractivity contribution < 1.29 is 4.74 Å². The van der Waals surface area contributed by atoms with E-state index in [0.29, 0.717) is 11.3 Å². The first kappa shape index (κ1) is 13.4. The number of ether oxygens (including phenoxy) is 1. The lowest BCUT2D eigenvalue weighted by Crippen LogP contribution is -2.31. The van der Waals surface area contributed by atoms with Crippen LogP contribution in [0.15, 0.2) is 0 Å². The summed E-state index contributed by atoms with van der Waals surface area (Å²) in [7, 11) is 0. The molecule has 2 heteroatoms. The number of rotatable bonds is 3. The Kier molecular flexibility index (Phi) is 4.95. The summed E-state index contributed by atoms with van der Waals surface area (Å²) in [5.74, 6) is 0.576. The summed E-state index contributed by atoms with van der Waals surface area (Å²) in [6.45, 7) is 13.9. The van der Waals surface area contributed by atoms with Gasteiger partial charge in [-0.2, -0.15) is 0 Å². The number of alkyl halides is 1. The van der Waals surface area contributed by atoms with Gasteiger partial charge in [0.2, 0.25) is 0 Å². The Balaban J connectivity index is 4.02. The molecular formula is C11H23BrO. The Hall–Kier alpha value is 0.440. The maximum Gasteiger partial charge on any atom is 0.0598 e. The molecule has 0 aliphatic rings. The maximum atomic E-state index is 5.78. The van der Waals surface area contributed by atoms with Crippen molar-refractivity contribution in [2.75, 3.05) is 11.9 Å². The zero-order valence-electron chi connectivity index (χ0n) is 9.78. The molecule has 0 aliphatic heterocycles. The first-order valence-corrected chi connectivity index (χ1v) is 5.99. The van der Waals surface area contributed by atoms with Gasteiger partial charge < -0.3 is 4.74 Å². The Morgan fingerprint density at radius 1 is 1.08 bits per heavy atom. The fourth-order valence-corrected chi connectivity index (χ4v) is 2.03. The van der Waals surface area contributed by atoms with Crippen LogP contribution >= 0.6 is 15.9 Å². The van der Waals surface area contributed by atoms with Gasteiger partial charge in [-0.25, -0.2) is 0 Å². The van der Waals surface area contributed by atoms with E-state index in [-0.39, 0.29) is 5.60 Å². The van der Waals surface area contributed by atoms with Gasteiger partial charge in [0.1, 0.15) is 0 Å². The summed E-state index contributed by atoms with van der Waals surface area (Å²) in [5.41, 5.74) is 0.292. The first-order valence-electron chi connectivity index (χ1n) is 4.87. The molecule has 13 heavy (non-hydrogen) atoms. The Bertz CT molecular complexity index is 141. The van der Waals surface area contributed by atoms with Crippen LogP contribution in [-0.2, 0) is 4.74 Å². The molecule has 0 saturated carbocycles. The highest BCUT2D eigenvalue weighted by Crippen LogP contribution is 2.28. The monoisotopic (exact) mass is 250 g/mol. The van der Waals surface area contributed by atoms with Crippen molar-refractivity contribution >= 4 is 15.9 Å². The van der Waals surface area contributed by atoms with Crippen molar-refractivity contribution in [1.82, 2.24) is 0 Å². The normalized spacial score (nSPS) is 15.9. The fourth-order valence-electron chi connectivity index (χ4n) is 0.877. The molecule has 0 amide bonds. The molecule has 0 fully saturated rings. The van der Waals surface area contributed by atoms with Gasteiger partial charge in [0.25, 0.3) is 0 Å². The van der Waals surface area contributed by atoms with Crippen LogP contribution in [0.25, 0.3) is 0 Å². The third-order valence-corrected chi connectivity index (χ3v) is 2.91. The van der Waals surface area contributed by atoms with Crippen LogP contribution in [-0.4, -0.2) is 17.5 Å². The van der Waals surface area contributed by atoms with E-state index in [9.17, 15) is 0 Å². The van der Waals surface area contributed by atoms with Crippen LogP contribution in [0.2, 0.25) is 0 Å². The molecule has 0 N–H and O–H groups in total. The summed E-state index contributed by atoms with van der Waals surface area (Å²) in [6, 6.07) is 0. The molecule has 0 aromatic carbocycles. The summed E-state index contributed by atoms with van der Waals surface area (Å²) >= 11 is 3.54. The van der Waals surface area contributed by atoms with Crippen molar-refractivity contribution in [1.29, 1.82) is 0 Å². The second-order valence-electron chi connectivity index (χ2n) is 5.64. The van der Waals surface area contributed by atoms with Gasteiger partial charge in [0.15, 0.2) is 0 Å². The Morgan fingerprint density at radius 2 is 1.54 bits per heavy atom. The SMILES string of the molecule is CC(C)(C)OCC(CBr)C(C)(C)C. The molecule has 1 nitrogen and oxygen atoms in total. The predicted molar refractivity (Wildman–Crippen MR) is 62.4 cm³/mol. The number of hydrogen-bond donors (Lipinski definition) is 0. The van der Waals surface area contributed by atoms with Gasteiger partial charge >= 0.3 is 0 Å². The summed E-state index contributed by atoms with van der Waals surface area (Å²) in [4.78, 5) is 0. The largest absolute Gasteiger partial charge is 0.376 e. The molecule has 80 valence electrons. The smallest absolute Gasteiger partial charge is 0.0598 e. The van der Waals surface area contributed by atoms with Crippen molar-refractivity contribution in [3.8, 4) is 0 Å². The minimum Gasteiger partial charge on any atom is -0.376 e. The minimum atomic E-state index is -0.0222. The van der Waals surface area contributed by atoms with Crippen molar-refractivity contribution in [3.63, 3.8) is 0 Å². The second kappa shape index (κ2) is 4.79. The van der Waals surface area contributed by atoms with Gasteiger partial charge in [0, 0.05) is 5.33 Å². The highest BCUT2D eigenvalue weighted by Gasteiger charge is 2.25. The molecule has 0 aromatic heterocycles. The average Bonchev–Trinajstić information content (AvgIpc) is 1.82. The van der Waals surface area contributed by atoms with Gasteiger partial charge in [0.05, 0.1) is 12.2 Å². The van der Waals surface area contributed by atoms with Crippen LogP contribution in [0.4, 0.5) is 0 Å². The van der Waals surface area contributed by atoms with E-state index in [4.69, 9.17) is 4.74 Å². The lowest BCUT2D eigenvalue weighted by atomic mass is 9.82. The van der Waals surface area contributed by atoms with E-state index in [1.165, 1.54) is 0 Å². The van der Waals surface area contributed by atoms with Crippen molar-refractivity contribution in [2.45, 2.75) is 47.1 Å². The van der Waals surface area contributed by atoms with E-state index in [1.807, 2.05) is 0 Å². The Labute approximate surface area is 91.4 Å². The molecule has 0 aromatic rings. The molecular weight excluding hydrogens is 228 g/mol.